The van der Waals surface area contributed by atoms with Gasteiger partial charge in [0.1, 0.15) is 0 Å². The first-order valence-corrected chi connectivity index (χ1v) is 13.3. The molecule has 0 amide bonds. The Morgan fingerprint density at radius 1 is 0.333 bits per heavy atom. The topological polar surface area (TPSA) is 6.48 Å². The predicted molar refractivity (Wildman–Crippen MR) is 166 cm³/mol. The molecule has 0 spiro atoms. The van der Waals surface area contributed by atoms with Crippen molar-refractivity contribution in [3.05, 3.63) is 169 Å². The highest BCUT2D eigenvalue weighted by Crippen LogP contribution is 2.39. The number of anilines is 6. The molecule has 0 heterocycles. The van der Waals surface area contributed by atoms with Gasteiger partial charge in [-0.1, -0.05) is 91.0 Å². The molecule has 0 bridgehead atoms. The third kappa shape index (κ3) is 5.18. The summed E-state index contributed by atoms with van der Waals surface area (Å²) in [5.41, 5.74) is 10.5. The third-order valence-corrected chi connectivity index (χ3v) is 6.95. The second-order valence-corrected chi connectivity index (χ2v) is 9.56. The van der Waals surface area contributed by atoms with Crippen LogP contribution in [0.1, 0.15) is 5.56 Å². The average Bonchev–Trinajstić information content (AvgIpc) is 3.01. The van der Waals surface area contributed by atoms with Crippen molar-refractivity contribution in [2.24, 2.45) is 0 Å². The van der Waals surface area contributed by atoms with Crippen LogP contribution in [0.25, 0.3) is 11.1 Å². The number of hydrogen-bond donors (Lipinski definition) is 0. The fourth-order valence-electron chi connectivity index (χ4n) is 5.07. The Kier molecular flexibility index (Phi) is 6.92. The number of nitrogens with zero attached hydrogens (tertiary/aromatic N) is 2. The molecule has 2 heteroatoms. The van der Waals surface area contributed by atoms with E-state index in [9.17, 15) is 0 Å². The zero-order chi connectivity index (χ0) is 26.4. The van der Waals surface area contributed by atoms with Crippen LogP contribution in [0.3, 0.4) is 0 Å². The van der Waals surface area contributed by atoms with Gasteiger partial charge in [-0.2, -0.15) is 0 Å². The third-order valence-electron chi connectivity index (χ3n) is 6.95. The summed E-state index contributed by atoms with van der Waals surface area (Å²) in [7, 11) is 0. The Morgan fingerprint density at radius 3 is 1.10 bits per heavy atom. The maximum absolute atomic E-state index is 2.32. The Labute approximate surface area is 231 Å². The molecule has 0 N–H and O–H groups in total. The molecule has 0 radical (unpaired) electrons. The molecule has 188 valence electrons. The first kappa shape index (κ1) is 24.3. The molecule has 0 saturated heterocycles. The minimum atomic E-state index is 1.13. The summed E-state index contributed by atoms with van der Waals surface area (Å²) in [6.45, 7) is 2.19. The second kappa shape index (κ2) is 11.1. The van der Waals surface area contributed by atoms with Crippen molar-refractivity contribution in [3.63, 3.8) is 0 Å². The van der Waals surface area contributed by atoms with Gasteiger partial charge in [-0.15, -0.1) is 0 Å². The largest absolute Gasteiger partial charge is 0.311 e. The molecule has 0 saturated carbocycles. The second-order valence-electron chi connectivity index (χ2n) is 9.56. The summed E-state index contributed by atoms with van der Waals surface area (Å²) in [5.74, 6) is 0. The molecule has 6 aromatic rings. The summed E-state index contributed by atoms with van der Waals surface area (Å²) < 4.78 is 0. The molecule has 0 aliphatic rings. The molecular weight excluding hydrogens is 472 g/mol. The highest BCUT2D eigenvalue weighted by Gasteiger charge is 2.15. The normalized spacial score (nSPS) is 10.7. The van der Waals surface area contributed by atoms with Crippen LogP contribution in [0.5, 0.6) is 0 Å². The van der Waals surface area contributed by atoms with Crippen molar-refractivity contribution in [3.8, 4) is 11.1 Å². The van der Waals surface area contributed by atoms with Crippen LogP contribution in [0, 0.1) is 6.92 Å². The lowest BCUT2D eigenvalue weighted by molar-refractivity contribution is 1.25. The number of para-hydroxylation sites is 4. The summed E-state index contributed by atoms with van der Waals surface area (Å²) in [6.07, 6.45) is 0. The summed E-state index contributed by atoms with van der Waals surface area (Å²) in [5, 5.41) is 0. The van der Waals surface area contributed by atoms with Crippen molar-refractivity contribution >= 4 is 34.1 Å². The van der Waals surface area contributed by atoms with E-state index >= 15 is 0 Å². The van der Waals surface area contributed by atoms with Crippen molar-refractivity contribution < 1.29 is 0 Å². The Morgan fingerprint density at radius 2 is 0.692 bits per heavy atom. The van der Waals surface area contributed by atoms with Crippen molar-refractivity contribution in [1.82, 2.24) is 0 Å². The van der Waals surface area contributed by atoms with Gasteiger partial charge in [-0.05, 0) is 96.4 Å². The maximum Gasteiger partial charge on any atom is 0.0491 e. The van der Waals surface area contributed by atoms with Gasteiger partial charge in [0.2, 0.25) is 0 Å². The Hall–Kier alpha value is -5.08. The number of hydrogen-bond acceptors (Lipinski definition) is 2. The van der Waals surface area contributed by atoms with Gasteiger partial charge in [-0.25, -0.2) is 0 Å². The lowest BCUT2D eigenvalue weighted by Gasteiger charge is -2.27. The van der Waals surface area contributed by atoms with Gasteiger partial charge in [0.15, 0.2) is 0 Å². The van der Waals surface area contributed by atoms with Crippen LogP contribution in [-0.4, -0.2) is 0 Å². The van der Waals surface area contributed by atoms with Crippen molar-refractivity contribution in [1.29, 1.82) is 0 Å². The van der Waals surface area contributed by atoms with E-state index in [1.54, 1.807) is 0 Å². The van der Waals surface area contributed by atoms with E-state index in [2.05, 4.69) is 181 Å². The van der Waals surface area contributed by atoms with Gasteiger partial charge in [0.05, 0.1) is 0 Å². The monoisotopic (exact) mass is 502 g/mol. The number of aryl methyl sites for hydroxylation is 1. The van der Waals surface area contributed by atoms with E-state index in [0.29, 0.717) is 0 Å². The number of rotatable bonds is 7. The summed E-state index contributed by atoms with van der Waals surface area (Å²) in [4.78, 5) is 4.61. The molecule has 6 rings (SSSR count). The van der Waals surface area contributed by atoms with E-state index in [1.807, 2.05) is 0 Å². The van der Waals surface area contributed by atoms with Gasteiger partial charge in [0.25, 0.3) is 0 Å². The summed E-state index contributed by atoms with van der Waals surface area (Å²) >= 11 is 0. The van der Waals surface area contributed by atoms with Crippen LogP contribution in [0.15, 0.2) is 164 Å². The van der Waals surface area contributed by atoms with Crippen LogP contribution in [0.4, 0.5) is 34.1 Å². The minimum Gasteiger partial charge on any atom is -0.311 e. The van der Waals surface area contributed by atoms with Crippen molar-refractivity contribution in [2.75, 3.05) is 9.80 Å². The Balaban J connectivity index is 1.34. The van der Waals surface area contributed by atoms with E-state index in [1.165, 1.54) is 22.4 Å². The smallest absolute Gasteiger partial charge is 0.0491 e. The van der Waals surface area contributed by atoms with E-state index in [0.717, 1.165) is 28.4 Å². The van der Waals surface area contributed by atoms with E-state index < -0.39 is 0 Å². The van der Waals surface area contributed by atoms with Gasteiger partial charge < -0.3 is 9.80 Å². The van der Waals surface area contributed by atoms with Crippen LogP contribution in [0.2, 0.25) is 0 Å². The lowest BCUT2D eigenvalue weighted by Crippen LogP contribution is -2.11. The highest BCUT2D eigenvalue weighted by molar-refractivity contribution is 5.82. The fourth-order valence-corrected chi connectivity index (χ4v) is 5.07. The van der Waals surface area contributed by atoms with Crippen molar-refractivity contribution in [2.45, 2.75) is 6.92 Å². The molecule has 0 aromatic heterocycles. The molecule has 0 atom stereocenters. The average molecular weight is 503 g/mol. The maximum atomic E-state index is 2.32. The first-order chi connectivity index (χ1) is 19.3. The number of benzene rings is 6. The molecular formula is C37H30N2. The molecule has 0 aliphatic carbocycles. The molecule has 0 unspecified atom stereocenters. The SMILES string of the molecule is Cc1cc(-c2ccc(N(c3ccccc3)c3ccccc3)cc2)ccc1N(c1ccccc1)c1ccccc1. The molecule has 0 fully saturated rings. The zero-order valence-corrected chi connectivity index (χ0v) is 22.0. The van der Waals surface area contributed by atoms with Gasteiger partial charge in [-0.3, -0.25) is 0 Å². The van der Waals surface area contributed by atoms with Gasteiger partial charge in [0, 0.05) is 34.1 Å². The lowest BCUT2D eigenvalue weighted by atomic mass is 10.0. The zero-order valence-electron chi connectivity index (χ0n) is 22.0. The van der Waals surface area contributed by atoms with Gasteiger partial charge >= 0.3 is 0 Å². The summed E-state index contributed by atoms with van der Waals surface area (Å²) in [6, 6.07) is 57.7. The molecule has 0 aliphatic heterocycles. The molecule has 39 heavy (non-hydrogen) atoms. The van der Waals surface area contributed by atoms with E-state index in [-0.39, 0.29) is 0 Å². The Bertz CT molecular complexity index is 1550. The predicted octanol–water partition coefficient (Wildman–Crippen LogP) is 10.6. The minimum absolute atomic E-state index is 1.13. The van der Waals surface area contributed by atoms with Crippen LogP contribution >= 0.6 is 0 Å². The van der Waals surface area contributed by atoms with Crippen LogP contribution in [-0.2, 0) is 0 Å². The first-order valence-electron chi connectivity index (χ1n) is 13.3. The molecule has 6 aromatic carbocycles. The quantitative estimate of drug-likeness (QED) is 0.214. The van der Waals surface area contributed by atoms with Crippen LogP contribution < -0.4 is 9.80 Å². The standard InChI is InChI=1S/C37H30N2/c1-29-28-31(24-27-37(29)39(34-18-10-4-11-19-34)35-20-12-5-13-21-35)30-22-25-36(26-23-30)38(32-14-6-2-7-15-32)33-16-8-3-9-17-33/h2-28H,1H3. The highest BCUT2D eigenvalue weighted by atomic mass is 15.1. The fraction of sp³-hybridized carbons (Fsp3) is 0.0270. The molecule has 2 nitrogen and oxygen atoms in total. The van der Waals surface area contributed by atoms with E-state index in [4.69, 9.17) is 0 Å².